The Hall–Kier alpha value is -2.34. The van der Waals surface area contributed by atoms with Gasteiger partial charge in [-0.25, -0.2) is 4.98 Å². The van der Waals surface area contributed by atoms with Crippen LogP contribution in [-0.4, -0.2) is 9.55 Å². The van der Waals surface area contributed by atoms with E-state index in [0.717, 1.165) is 21.5 Å². The summed E-state index contributed by atoms with van der Waals surface area (Å²) < 4.78 is 1.70. The molecule has 2 heterocycles. The van der Waals surface area contributed by atoms with Gasteiger partial charge >= 0.3 is 0 Å². The molecule has 0 atom stereocenters. The summed E-state index contributed by atoms with van der Waals surface area (Å²) >= 11 is 9.12. The van der Waals surface area contributed by atoms with Crippen LogP contribution in [0.15, 0.2) is 82.6 Å². The SMILES string of the molecule is C=CCn1c(SCc2cccc(Cl)c2)nc2scc(-c3ccccc3)c2c1=O. The van der Waals surface area contributed by atoms with Crippen LogP contribution in [0.2, 0.25) is 5.02 Å². The molecule has 0 fully saturated rings. The van der Waals surface area contributed by atoms with E-state index in [2.05, 4.69) is 6.58 Å². The van der Waals surface area contributed by atoms with Gasteiger partial charge in [0.15, 0.2) is 5.16 Å². The maximum absolute atomic E-state index is 13.3. The summed E-state index contributed by atoms with van der Waals surface area (Å²) in [5.41, 5.74) is 3.02. The minimum Gasteiger partial charge on any atom is -0.283 e. The van der Waals surface area contributed by atoms with Crippen molar-refractivity contribution >= 4 is 44.9 Å². The summed E-state index contributed by atoms with van der Waals surface area (Å²) in [5, 5.41) is 4.08. The van der Waals surface area contributed by atoms with Gasteiger partial charge in [-0.1, -0.05) is 71.9 Å². The number of thioether (sulfide) groups is 1. The summed E-state index contributed by atoms with van der Waals surface area (Å²) in [4.78, 5) is 18.9. The van der Waals surface area contributed by atoms with Gasteiger partial charge in [-0.15, -0.1) is 17.9 Å². The molecule has 0 aliphatic heterocycles. The third kappa shape index (κ3) is 3.78. The lowest BCUT2D eigenvalue weighted by molar-refractivity contribution is 0.673. The molecular formula is C22H17ClN2OS2. The molecule has 3 nitrogen and oxygen atoms in total. The molecule has 0 radical (unpaired) electrons. The first-order valence-electron chi connectivity index (χ1n) is 8.73. The standard InChI is InChI=1S/C22H17ClN2OS2/c1-2-11-25-21(26)19-18(16-8-4-3-5-9-16)14-27-20(19)24-22(25)28-13-15-7-6-10-17(23)12-15/h2-10,12,14H,1,11,13H2. The van der Waals surface area contributed by atoms with Gasteiger partial charge in [0.2, 0.25) is 0 Å². The molecule has 2 aromatic heterocycles. The van der Waals surface area contributed by atoms with E-state index in [1.165, 1.54) is 23.1 Å². The zero-order chi connectivity index (χ0) is 19.5. The molecule has 0 unspecified atom stereocenters. The van der Waals surface area contributed by atoms with E-state index in [1.54, 1.807) is 10.6 Å². The molecule has 0 spiro atoms. The van der Waals surface area contributed by atoms with E-state index in [4.69, 9.17) is 16.6 Å². The van der Waals surface area contributed by atoms with Gasteiger partial charge in [-0.2, -0.15) is 0 Å². The van der Waals surface area contributed by atoms with E-state index in [9.17, 15) is 4.79 Å². The highest BCUT2D eigenvalue weighted by molar-refractivity contribution is 7.98. The molecule has 4 rings (SSSR count). The molecule has 140 valence electrons. The number of nitrogens with zero attached hydrogens (tertiary/aromatic N) is 2. The molecule has 0 saturated carbocycles. The van der Waals surface area contributed by atoms with Crippen LogP contribution in [0.25, 0.3) is 21.3 Å². The zero-order valence-electron chi connectivity index (χ0n) is 15.0. The molecule has 0 aliphatic rings. The first-order valence-corrected chi connectivity index (χ1v) is 11.0. The smallest absolute Gasteiger partial charge is 0.263 e. The topological polar surface area (TPSA) is 34.9 Å². The molecule has 0 N–H and O–H groups in total. The second kappa shape index (κ2) is 8.35. The monoisotopic (exact) mass is 424 g/mol. The Kier molecular flexibility index (Phi) is 5.67. The fourth-order valence-electron chi connectivity index (χ4n) is 3.01. The number of rotatable bonds is 6. The van der Waals surface area contributed by atoms with Crippen LogP contribution in [-0.2, 0) is 12.3 Å². The van der Waals surface area contributed by atoms with Gasteiger partial charge < -0.3 is 0 Å². The zero-order valence-corrected chi connectivity index (χ0v) is 17.4. The van der Waals surface area contributed by atoms with E-state index in [1.807, 2.05) is 60.0 Å². The number of hydrogen-bond donors (Lipinski definition) is 0. The van der Waals surface area contributed by atoms with E-state index >= 15 is 0 Å². The molecule has 6 heteroatoms. The van der Waals surface area contributed by atoms with Crippen LogP contribution in [0.5, 0.6) is 0 Å². The van der Waals surface area contributed by atoms with Crippen molar-refractivity contribution in [3.05, 3.63) is 93.6 Å². The molecule has 2 aromatic carbocycles. The van der Waals surface area contributed by atoms with E-state index in [-0.39, 0.29) is 5.56 Å². The predicted octanol–water partition coefficient (Wildman–Crippen LogP) is 6.26. The number of fused-ring (bicyclic) bond motifs is 1. The Morgan fingerprint density at radius 1 is 1.18 bits per heavy atom. The minimum absolute atomic E-state index is 0.0291. The summed E-state index contributed by atoms with van der Waals surface area (Å²) in [6, 6.07) is 17.7. The van der Waals surface area contributed by atoms with Crippen molar-refractivity contribution in [3.8, 4) is 11.1 Å². The lowest BCUT2D eigenvalue weighted by Gasteiger charge is -2.11. The van der Waals surface area contributed by atoms with Crippen molar-refractivity contribution in [1.29, 1.82) is 0 Å². The van der Waals surface area contributed by atoms with Crippen molar-refractivity contribution in [3.63, 3.8) is 0 Å². The number of halogens is 1. The highest BCUT2D eigenvalue weighted by atomic mass is 35.5. The van der Waals surface area contributed by atoms with Gasteiger partial charge in [-0.05, 0) is 23.3 Å². The molecular weight excluding hydrogens is 408 g/mol. The quantitative estimate of drug-likeness (QED) is 0.208. The Balaban J connectivity index is 1.78. The Morgan fingerprint density at radius 2 is 2.00 bits per heavy atom. The van der Waals surface area contributed by atoms with Gasteiger partial charge in [0.05, 0.1) is 5.39 Å². The van der Waals surface area contributed by atoms with Crippen LogP contribution in [0.4, 0.5) is 0 Å². The van der Waals surface area contributed by atoms with Gasteiger partial charge in [0, 0.05) is 28.3 Å². The average molecular weight is 425 g/mol. The van der Waals surface area contributed by atoms with Crippen LogP contribution >= 0.6 is 34.7 Å². The molecule has 4 aromatic rings. The Morgan fingerprint density at radius 3 is 2.75 bits per heavy atom. The van der Waals surface area contributed by atoms with Crippen molar-refractivity contribution in [2.75, 3.05) is 0 Å². The summed E-state index contributed by atoms with van der Waals surface area (Å²) in [6.45, 7) is 4.23. The minimum atomic E-state index is -0.0291. The van der Waals surface area contributed by atoms with Crippen molar-refractivity contribution in [2.24, 2.45) is 0 Å². The summed E-state index contributed by atoms with van der Waals surface area (Å²) in [6.07, 6.45) is 1.73. The second-order valence-electron chi connectivity index (χ2n) is 6.21. The third-order valence-electron chi connectivity index (χ3n) is 4.31. The number of thiophene rings is 1. The third-order valence-corrected chi connectivity index (χ3v) is 6.47. The molecule has 0 aliphatic carbocycles. The first kappa shape index (κ1) is 19.0. The normalized spacial score (nSPS) is 11.0. The van der Waals surface area contributed by atoms with Crippen molar-refractivity contribution < 1.29 is 0 Å². The highest BCUT2D eigenvalue weighted by Crippen LogP contribution is 2.32. The molecule has 28 heavy (non-hydrogen) atoms. The van der Waals surface area contributed by atoms with Crippen molar-refractivity contribution in [1.82, 2.24) is 9.55 Å². The number of aromatic nitrogens is 2. The van der Waals surface area contributed by atoms with Gasteiger partial charge in [0.25, 0.3) is 5.56 Å². The second-order valence-corrected chi connectivity index (χ2v) is 8.45. The maximum Gasteiger partial charge on any atom is 0.263 e. The molecule has 0 bridgehead atoms. The Labute approximate surface area is 176 Å². The average Bonchev–Trinajstić information content (AvgIpc) is 3.14. The first-order chi connectivity index (χ1) is 13.7. The van der Waals surface area contributed by atoms with Crippen LogP contribution in [0, 0.1) is 0 Å². The lowest BCUT2D eigenvalue weighted by atomic mass is 10.1. The van der Waals surface area contributed by atoms with E-state index < -0.39 is 0 Å². The molecule has 0 amide bonds. The van der Waals surface area contributed by atoms with Gasteiger partial charge in [0.1, 0.15) is 4.83 Å². The maximum atomic E-state index is 13.3. The van der Waals surface area contributed by atoms with Crippen LogP contribution < -0.4 is 5.56 Å². The Bertz CT molecular complexity index is 1200. The summed E-state index contributed by atoms with van der Waals surface area (Å²) in [5.74, 6) is 0.687. The number of hydrogen-bond acceptors (Lipinski definition) is 4. The van der Waals surface area contributed by atoms with Crippen molar-refractivity contribution in [2.45, 2.75) is 17.5 Å². The van der Waals surface area contributed by atoms with Crippen LogP contribution in [0.3, 0.4) is 0 Å². The molecule has 0 saturated heterocycles. The largest absolute Gasteiger partial charge is 0.283 e. The highest BCUT2D eigenvalue weighted by Gasteiger charge is 2.17. The van der Waals surface area contributed by atoms with E-state index in [0.29, 0.717) is 27.9 Å². The number of allylic oxidation sites excluding steroid dienone is 1. The van der Waals surface area contributed by atoms with Gasteiger partial charge in [-0.3, -0.25) is 9.36 Å². The fraction of sp³-hybridized carbons (Fsp3) is 0.0909. The number of benzene rings is 2. The fourth-order valence-corrected chi connectivity index (χ4v) is 5.16. The van der Waals surface area contributed by atoms with Crippen LogP contribution in [0.1, 0.15) is 5.56 Å². The lowest BCUT2D eigenvalue weighted by Crippen LogP contribution is -2.22. The summed E-state index contributed by atoms with van der Waals surface area (Å²) in [7, 11) is 0. The predicted molar refractivity (Wildman–Crippen MR) is 121 cm³/mol.